The van der Waals surface area contributed by atoms with Crippen molar-refractivity contribution in [3.63, 3.8) is 0 Å². The fourth-order valence-corrected chi connectivity index (χ4v) is 3.16. The lowest BCUT2D eigenvalue weighted by molar-refractivity contribution is 0.663. The highest BCUT2D eigenvalue weighted by atomic mass is 35.5. The Morgan fingerprint density at radius 2 is 2.40 bits per heavy atom. The number of halogens is 1. The molecule has 0 aliphatic carbocycles. The van der Waals surface area contributed by atoms with Crippen LogP contribution in [-0.4, -0.2) is 32.5 Å². The van der Waals surface area contributed by atoms with Gasteiger partial charge < -0.3 is 5.32 Å². The minimum absolute atomic E-state index is 0.114. The molecule has 1 N–H and O–H groups in total. The van der Waals surface area contributed by atoms with Crippen molar-refractivity contribution in [2.75, 3.05) is 13.1 Å². The van der Waals surface area contributed by atoms with Crippen molar-refractivity contribution in [1.29, 1.82) is 0 Å². The maximum absolute atomic E-state index is 12.0. The first-order valence-electron chi connectivity index (χ1n) is 4.79. The summed E-state index contributed by atoms with van der Waals surface area (Å²) in [4.78, 5) is 8.16. The first-order chi connectivity index (χ1) is 7.16. The average Bonchev–Trinajstić information content (AvgIpc) is 2.67. The van der Waals surface area contributed by atoms with Crippen molar-refractivity contribution < 1.29 is 4.21 Å². The normalized spacial score (nSPS) is 22.9. The van der Waals surface area contributed by atoms with Gasteiger partial charge in [0.15, 0.2) is 0 Å². The van der Waals surface area contributed by atoms with Crippen LogP contribution in [-0.2, 0) is 10.8 Å². The van der Waals surface area contributed by atoms with E-state index in [1.165, 1.54) is 0 Å². The second-order valence-corrected chi connectivity index (χ2v) is 5.54. The molecule has 2 heterocycles. The molecule has 1 fully saturated rings. The SMILES string of the molecule is Cc1cc(Cl)nc(S(=O)C2CCNC2)n1. The molecule has 0 aromatic carbocycles. The molecule has 6 heteroatoms. The minimum atomic E-state index is -1.15. The van der Waals surface area contributed by atoms with Crippen molar-refractivity contribution in [2.24, 2.45) is 0 Å². The van der Waals surface area contributed by atoms with Gasteiger partial charge in [-0.2, -0.15) is 0 Å². The zero-order chi connectivity index (χ0) is 10.8. The van der Waals surface area contributed by atoms with Crippen LogP contribution in [0.1, 0.15) is 12.1 Å². The smallest absolute Gasteiger partial charge is 0.220 e. The summed E-state index contributed by atoms with van der Waals surface area (Å²) in [5.41, 5.74) is 0.754. The van der Waals surface area contributed by atoms with Crippen molar-refractivity contribution in [3.05, 3.63) is 16.9 Å². The van der Waals surface area contributed by atoms with Gasteiger partial charge in [-0.3, -0.25) is 4.21 Å². The minimum Gasteiger partial charge on any atom is -0.315 e. The van der Waals surface area contributed by atoms with Gasteiger partial charge in [0.25, 0.3) is 0 Å². The first-order valence-corrected chi connectivity index (χ1v) is 6.38. The van der Waals surface area contributed by atoms with Crippen LogP contribution in [0.5, 0.6) is 0 Å². The van der Waals surface area contributed by atoms with Crippen molar-refractivity contribution in [3.8, 4) is 0 Å². The zero-order valence-electron chi connectivity index (χ0n) is 8.36. The summed E-state index contributed by atoms with van der Waals surface area (Å²) in [6.45, 7) is 3.50. The third-order valence-electron chi connectivity index (χ3n) is 2.30. The second kappa shape index (κ2) is 4.55. The van der Waals surface area contributed by atoms with Crippen LogP contribution in [0.4, 0.5) is 0 Å². The summed E-state index contributed by atoms with van der Waals surface area (Å²) < 4.78 is 12.0. The van der Waals surface area contributed by atoms with Crippen LogP contribution in [0.3, 0.4) is 0 Å². The predicted molar refractivity (Wildman–Crippen MR) is 59.5 cm³/mol. The highest BCUT2D eigenvalue weighted by Crippen LogP contribution is 2.15. The van der Waals surface area contributed by atoms with Gasteiger partial charge in [-0.15, -0.1) is 0 Å². The fourth-order valence-electron chi connectivity index (χ4n) is 1.55. The topological polar surface area (TPSA) is 54.9 Å². The van der Waals surface area contributed by atoms with E-state index >= 15 is 0 Å². The summed E-state index contributed by atoms with van der Waals surface area (Å²) in [5.74, 6) is 0. The molecule has 1 aliphatic rings. The summed E-state index contributed by atoms with van der Waals surface area (Å²) in [6, 6.07) is 1.66. The monoisotopic (exact) mass is 245 g/mol. The number of hydrogen-bond donors (Lipinski definition) is 1. The van der Waals surface area contributed by atoms with Gasteiger partial charge in [0, 0.05) is 12.2 Å². The van der Waals surface area contributed by atoms with E-state index in [4.69, 9.17) is 11.6 Å². The predicted octanol–water partition coefficient (Wildman–Crippen LogP) is 0.908. The maximum Gasteiger partial charge on any atom is 0.220 e. The van der Waals surface area contributed by atoms with Crippen LogP contribution >= 0.6 is 11.6 Å². The van der Waals surface area contributed by atoms with Crippen LogP contribution < -0.4 is 5.32 Å². The number of rotatable bonds is 2. The molecule has 1 aliphatic heterocycles. The Bertz CT molecular complexity index is 373. The molecule has 2 atom stereocenters. The van der Waals surface area contributed by atoms with Crippen LogP contribution in [0.25, 0.3) is 0 Å². The standard InChI is InChI=1S/C9H12ClN3OS/c1-6-4-8(10)13-9(12-6)15(14)7-2-3-11-5-7/h4,7,11H,2-3,5H2,1H3. The molecular formula is C9H12ClN3OS. The lowest BCUT2D eigenvalue weighted by Gasteiger charge is -2.07. The largest absolute Gasteiger partial charge is 0.315 e. The van der Waals surface area contributed by atoms with Crippen molar-refractivity contribution >= 4 is 22.4 Å². The van der Waals surface area contributed by atoms with Gasteiger partial charge in [0.2, 0.25) is 5.16 Å². The summed E-state index contributed by atoms with van der Waals surface area (Å²) >= 11 is 5.80. The molecule has 15 heavy (non-hydrogen) atoms. The molecule has 0 spiro atoms. The Morgan fingerprint density at radius 1 is 1.60 bits per heavy atom. The van der Waals surface area contributed by atoms with Gasteiger partial charge >= 0.3 is 0 Å². The fraction of sp³-hybridized carbons (Fsp3) is 0.556. The van der Waals surface area contributed by atoms with E-state index in [1.54, 1.807) is 6.07 Å². The highest BCUT2D eigenvalue weighted by Gasteiger charge is 2.24. The van der Waals surface area contributed by atoms with Crippen molar-refractivity contribution in [2.45, 2.75) is 23.8 Å². The number of aromatic nitrogens is 2. The Kier molecular flexibility index (Phi) is 3.33. The van der Waals surface area contributed by atoms with Crippen molar-refractivity contribution in [1.82, 2.24) is 15.3 Å². The quantitative estimate of drug-likeness (QED) is 0.622. The third kappa shape index (κ3) is 2.53. The molecule has 0 radical (unpaired) electrons. The van der Waals surface area contributed by atoms with Gasteiger partial charge in [-0.05, 0) is 26.0 Å². The molecule has 2 rings (SSSR count). The summed E-state index contributed by atoms with van der Waals surface area (Å²) in [6.07, 6.45) is 0.904. The summed E-state index contributed by atoms with van der Waals surface area (Å²) in [7, 11) is -1.15. The van der Waals surface area contributed by atoms with Crippen LogP contribution in [0.2, 0.25) is 5.15 Å². The van der Waals surface area contributed by atoms with E-state index in [0.29, 0.717) is 10.3 Å². The lowest BCUT2D eigenvalue weighted by atomic mass is 10.4. The van der Waals surface area contributed by atoms with E-state index in [0.717, 1.165) is 25.2 Å². The first kappa shape index (κ1) is 11.0. The molecule has 2 unspecified atom stereocenters. The molecule has 0 amide bonds. The van der Waals surface area contributed by atoms with E-state index in [2.05, 4.69) is 15.3 Å². The Labute approximate surface area is 95.9 Å². The van der Waals surface area contributed by atoms with Gasteiger partial charge in [0.1, 0.15) is 5.15 Å². The number of hydrogen-bond acceptors (Lipinski definition) is 4. The molecule has 82 valence electrons. The lowest BCUT2D eigenvalue weighted by Crippen LogP contribution is -2.20. The Hall–Kier alpha value is -0.520. The number of nitrogens with zero attached hydrogens (tertiary/aromatic N) is 2. The van der Waals surface area contributed by atoms with E-state index < -0.39 is 10.8 Å². The van der Waals surface area contributed by atoms with Gasteiger partial charge in [-0.25, -0.2) is 9.97 Å². The van der Waals surface area contributed by atoms with Crippen LogP contribution in [0, 0.1) is 6.92 Å². The maximum atomic E-state index is 12.0. The number of nitrogens with one attached hydrogen (secondary N) is 1. The number of aryl methyl sites for hydroxylation is 1. The van der Waals surface area contributed by atoms with E-state index in [1.807, 2.05) is 6.92 Å². The third-order valence-corrected chi connectivity index (χ3v) is 4.04. The molecule has 1 aromatic rings. The molecule has 0 saturated carbocycles. The van der Waals surface area contributed by atoms with Gasteiger partial charge in [-0.1, -0.05) is 11.6 Å². The molecule has 1 saturated heterocycles. The Morgan fingerprint density at radius 3 is 3.00 bits per heavy atom. The van der Waals surface area contributed by atoms with E-state index in [9.17, 15) is 4.21 Å². The van der Waals surface area contributed by atoms with Gasteiger partial charge in [0.05, 0.1) is 16.0 Å². The molecule has 0 bridgehead atoms. The van der Waals surface area contributed by atoms with Crippen LogP contribution in [0.15, 0.2) is 11.2 Å². The second-order valence-electron chi connectivity index (χ2n) is 3.53. The zero-order valence-corrected chi connectivity index (χ0v) is 9.94. The summed E-state index contributed by atoms with van der Waals surface area (Å²) in [5, 5.41) is 4.00. The molecule has 4 nitrogen and oxygen atoms in total. The molecule has 1 aromatic heterocycles. The Balaban J connectivity index is 2.24. The average molecular weight is 246 g/mol. The molecular weight excluding hydrogens is 234 g/mol. The highest BCUT2D eigenvalue weighted by molar-refractivity contribution is 7.85. The van der Waals surface area contributed by atoms with E-state index in [-0.39, 0.29) is 5.25 Å².